The second-order valence-corrected chi connectivity index (χ2v) is 6.69. The molecule has 2 heterocycles. The van der Waals surface area contributed by atoms with Crippen molar-refractivity contribution in [1.82, 2.24) is 4.90 Å². The third-order valence-corrected chi connectivity index (χ3v) is 5.07. The first-order valence-electron chi connectivity index (χ1n) is 5.60. The van der Waals surface area contributed by atoms with Gasteiger partial charge < -0.3 is 4.90 Å². The number of thiophene rings is 1. The van der Waals surface area contributed by atoms with Crippen molar-refractivity contribution in [1.29, 1.82) is 0 Å². The summed E-state index contributed by atoms with van der Waals surface area (Å²) in [5.41, 5.74) is 0. The predicted octanol–water partition coefficient (Wildman–Crippen LogP) is 3.50. The van der Waals surface area contributed by atoms with Gasteiger partial charge in [-0.3, -0.25) is 4.79 Å². The van der Waals surface area contributed by atoms with E-state index < -0.39 is 0 Å². The second-order valence-electron chi connectivity index (χ2n) is 4.27. The van der Waals surface area contributed by atoms with Gasteiger partial charge in [0.2, 0.25) is 5.91 Å². The molecule has 2 nitrogen and oxygen atoms in total. The molecule has 0 aromatic carbocycles. The molecule has 1 fully saturated rings. The lowest BCUT2D eigenvalue weighted by atomic mass is 10.1. The Labute approximate surface area is 109 Å². The van der Waals surface area contributed by atoms with Crippen LogP contribution < -0.4 is 0 Å². The number of alkyl halides is 1. The molecule has 1 amide bonds. The first-order valence-corrected chi connectivity index (χ1v) is 7.33. The Morgan fingerprint density at radius 3 is 2.94 bits per heavy atom. The summed E-state index contributed by atoms with van der Waals surface area (Å²) < 4.78 is 0. The highest BCUT2D eigenvalue weighted by Gasteiger charge is 2.30. The summed E-state index contributed by atoms with van der Waals surface area (Å²) >= 11 is 5.24. The van der Waals surface area contributed by atoms with Crippen molar-refractivity contribution in [3.63, 3.8) is 0 Å². The zero-order valence-corrected chi connectivity index (χ0v) is 12.0. The number of carbonyl (C=O) groups excluding carboxylic acids is 1. The van der Waals surface area contributed by atoms with Gasteiger partial charge in [-0.15, -0.1) is 11.3 Å². The Kier molecular flexibility index (Phi) is 3.70. The first-order chi connectivity index (χ1) is 7.59. The molecule has 4 heteroatoms. The van der Waals surface area contributed by atoms with E-state index in [9.17, 15) is 4.79 Å². The van der Waals surface area contributed by atoms with Crippen molar-refractivity contribution in [2.24, 2.45) is 0 Å². The smallest absolute Gasteiger partial charge is 0.236 e. The van der Waals surface area contributed by atoms with Crippen LogP contribution in [0, 0.1) is 6.92 Å². The van der Waals surface area contributed by atoms with E-state index in [-0.39, 0.29) is 16.8 Å². The molecule has 1 aliphatic rings. The van der Waals surface area contributed by atoms with Gasteiger partial charge in [0.05, 0.1) is 10.9 Å². The maximum Gasteiger partial charge on any atom is 0.236 e. The van der Waals surface area contributed by atoms with Crippen LogP contribution in [0.25, 0.3) is 0 Å². The fourth-order valence-electron chi connectivity index (χ4n) is 2.07. The molecular formula is C12H16BrNOS. The topological polar surface area (TPSA) is 20.3 Å². The summed E-state index contributed by atoms with van der Waals surface area (Å²) in [6, 6.07) is 4.47. The maximum atomic E-state index is 12.0. The number of aryl methyl sites for hydroxylation is 1. The molecule has 0 saturated carbocycles. The number of amides is 1. The normalized spacial score (nSPS) is 23.6. The van der Waals surface area contributed by atoms with Gasteiger partial charge in [-0.25, -0.2) is 0 Å². The van der Waals surface area contributed by atoms with Crippen LogP contribution in [-0.2, 0) is 4.79 Å². The van der Waals surface area contributed by atoms with E-state index in [4.69, 9.17) is 0 Å². The van der Waals surface area contributed by atoms with Gasteiger partial charge in [0.15, 0.2) is 0 Å². The number of piperidine rings is 1. The molecule has 16 heavy (non-hydrogen) atoms. The molecule has 0 N–H and O–H groups in total. The first kappa shape index (κ1) is 12.1. The summed E-state index contributed by atoms with van der Waals surface area (Å²) in [5, 5.41) is 0. The van der Waals surface area contributed by atoms with Gasteiger partial charge in [-0.1, -0.05) is 15.9 Å². The van der Waals surface area contributed by atoms with Crippen LogP contribution in [-0.4, -0.2) is 22.2 Å². The Hall–Kier alpha value is -0.350. The van der Waals surface area contributed by atoms with E-state index in [1.165, 1.54) is 9.75 Å². The minimum atomic E-state index is 0.0183. The van der Waals surface area contributed by atoms with E-state index in [0.717, 1.165) is 19.4 Å². The molecular weight excluding hydrogens is 286 g/mol. The van der Waals surface area contributed by atoms with Crippen molar-refractivity contribution < 1.29 is 4.79 Å². The summed E-state index contributed by atoms with van der Waals surface area (Å²) in [6.07, 6.45) is 2.06. The van der Waals surface area contributed by atoms with Crippen molar-refractivity contribution in [3.05, 3.63) is 21.9 Å². The number of rotatable bonds is 2. The highest BCUT2D eigenvalue weighted by Crippen LogP contribution is 2.31. The SMILES string of the molecule is Cc1ccc(C(C)N2CCCC(Br)C2=O)s1. The van der Waals surface area contributed by atoms with Gasteiger partial charge in [-0.05, 0) is 38.8 Å². The molecule has 1 aliphatic heterocycles. The Balaban J connectivity index is 2.14. The van der Waals surface area contributed by atoms with Crippen molar-refractivity contribution in [2.75, 3.05) is 6.54 Å². The van der Waals surface area contributed by atoms with E-state index in [0.29, 0.717) is 0 Å². The van der Waals surface area contributed by atoms with E-state index in [2.05, 4.69) is 41.9 Å². The van der Waals surface area contributed by atoms with Crippen LogP contribution in [0.4, 0.5) is 0 Å². The molecule has 2 rings (SSSR count). The molecule has 2 atom stereocenters. The molecule has 88 valence electrons. The average molecular weight is 302 g/mol. The largest absolute Gasteiger partial charge is 0.334 e. The van der Waals surface area contributed by atoms with Crippen LogP contribution in [0.15, 0.2) is 12.1 Å². The maximum absolute atomic E-state index is 12.0. The number of carbonyl (C=O) groups is 1. The third kappa shape index (κ3) is 2.33. The lowest BCUT2D eigenvalue weighted by molar-refractivity contribution is -0.134. The quantitative estimate of drug-likeness (QED) is 0.766. The summed E-state index contributed by atoms with van der Waals surface area (Å²) in [5.74, 6) is 0.241. The van der Waals surface area contributed by atoms with Crippen LogP contribution in [0.2, 0.25) is 0 Å². The van der Waals surface area contributed by atoms with Crippen LogP contribution in [0.3, 0.4) is 0 Å². The Morgan fingerprint density at radius 2 is 2.31 bits per heavy atom. The third-order valence-electron chi connectivity index (χ3n) is 3.05. The van der Waals surface area contributed by atoms with Gasteiger partial charge in [0.1, 0.15) is 0 Å². The van der Waals surface area contributed by atoms with E-state index in [1.807, 2.05) is 4.90 Å². The highest BCUT2D eigenvalue weighted by molar-refractivity contribution is 9.10. The fourth-order valence-corrected chi connectivity index (χ4v) is 3.60. The summed E-state index contributed by atoms with van der Waals surface area (Å²) in [7, 11) is 0. The predicted molar refractivity (Wildman–Crippen MR) is 71.1 cm³/mol. The molecule has 2 unspecified atom stereocenters. The van der Waals surface area contributed by atoms with Gasteiger partial charge in [0.25, 0.3) is 0 Å². The van der Waals surface area contributed by atoms with Gasteiger partial charge >= 0.3 is 0 Å². The molecule has 0 radical (unpaired) electrons. The van der Waals surface area contributed by atoms with Crippen molar-refractivity contribution in [2.45, 2.75) is 37.6 Å². The monoisotopic (exact) mass is 301 g/mol. The number of nitrogens with zero attached hydrogens (tertiary/aromatic N) is 1. The fraction of sp³-hybridized carbons (Fsp3) is 0.583. The van der Waals surface area contributed by atoms with Crippen LogP contribution >= 0.6 is 27.3 Å². The number of halogens is 1. The van der Waals surface area contributed by atoms with Crippen molar-refractivity contribution in [3.8, 4) is 0 Å². The summed E-state index contributed by atoms with van der Waals surface area (Å²) in [4.78, 5) is 16.6. The minimum Gasteiger partial charge on any atom is -0.334 e. The number of hydrogen-bond acceptors (Lipinski definition) is 2. The second kappa shape index (κ2) is 4.88. The van der Waals surface area contributed by atoms with E-state index in [1.54, 1.807) is 11.3 Å². The standard InChI is InChI=1S/C12H16BrNOS/c1-8-5-6-11(16-8)9(2)14-7-3-4-10(13)12(14)15/h5-6,9-10H,3-4,7H2,1-2H3. The zero-order valence-electron chi connectivity index (χ0n) is 9.57. The van der Waals surface area contributed by atoms with Crippen LogP contribution in [0.1, 0.15) is 35.6 Å². The highest BCUT2D eigenvalue weighted by atomic mass is 79.9. The molecule has 0 spiro atoms. The van der Waals surface area contributed by atoms with Crippen LogP contribution in [0.5, 0.6) is 0 Å². The number of hydrogen-bond donors (Lipinski definition) is 0. The summed E-state index contributed by atoms with van der Waals surface area (Å²) in [6.45, 7) is 5.11. The van der Waals surface area contributed by atoms with Gasteiger partial charge in [0, 0.05) is 16.3 Å². The number of likely N-dealkylation sites (tertiary alicyclic amines) is 1. The molecule has 0 aliphatic carbocycles. The molecule has 0 bridgehead atoms. The average Bonchev–Trinajstić information content (AvgIpc) is 2.68. The van der Waals surface area contributed by atoms with Crippen molar-refractivity contribution >= 4 is 33.2 Å². The van der Waals surface area contributed by atoms with Gasteiger partial charge in [-0.2, -0.15) is 0 Å². The zero-order chi connectivity index (χ0) is 11.7. The lowest BCUT2D eigenvalue weighted by Crippen LogP contribution is -2.42. The molecule has 1 aromatic rings. The lowest BCUT2D eigenvalue weighted by Gasteiger charge is -2.34. The molecule has 1 saturated heterocycles. The Bertz CT molecular complexity index is 390. The minimum absolute atomic E-state index is 0.0183. The molecule has 1 aromatic heterocycles. The Morgan fingerprint density at radius 1 is 1.56 bits per heavy atom. The van der Waals surface area contributed by atoms with E-state index >= 15 is 0 Å².